The number of anilines is 3. The molecule has 0 aromatic carbocycles. The van der Waals surface area contributed by atoms with E-state index in [2.05, 4.69) is 25.5 Å². The highest BCUT2D eigenvalue weighted by molar-refractivity contribution is 7.14. The lowest BCUT2D eigenvalue weighted by Gasteiger charge is -2.27. The van der Waals surface area contributed by atoms with Crippen molar-refractivity contribution in [2.45, 2.75) is 13.8 Å². The van der Waals surface area contributed by atoms with Crippen LogP contribution in [0.25, 0.3) is 0 Å². The maximum Gasteiger partial charge on any atom is 0.324 e. The third-order valence-corrected chi connectivity index (χ3v) is 4.33. The third-order valence-electron chi connectivity index (χ3n) is 3.55. The summed E-state index contributed by atoms with van der Waals surface area (Å²) in [5.41, 5.74) is 2.15. The molecular weight excluding hydrogens is 314 g/mol. The van der Waals surface area contributed by atoms with Crippen molar-refractivity contribution in [2.24, 2.45) is 0 Å². The topological polar surface area (TPSA) is 79.4 Å². The number of carbonyl (C=O) groups excluding carboxylic acids is 1. The zero-order valence-electron chi connectivity index (χ0n) is 13.1. The van der Waals surface area contributed by atoms with Crippen molar-refractivity contribution in [1.82, 2.24) is 9.97 Å². The molecule has 0 radical (unpaired) electrons. The highest BCUT2D eigenvalue weighted by atomic mass is 32.1. The van der Waals surface area contributed by atoms with Crippen molar-refractivity contribution in [2.75, 3.05) is 41.8 Å². The zero-order chi connectivity index (χ0) is 16.2. The molecule has 2 aromatic rings. The van der Waals surface area contributed by atoms with Gasteiger partial charge in [0.05, 0.1) is 35.3 Å². The Labute approximate surface area is 138 Å². The van der Waals surface area contributed by atoms with E-state index in [-0.39, 0.29) is 6.03 Å². The molecule has 2 N–H and O–H groups in total. The van der Waals surface area contributed by atoms with Gasteiger partial charge in [0.2, 0.25) is 5.95 Å². The number of urea groups is 1. The van der Waals surface area contributed by atoms with Gasteiger partial charge in [0.1, 0.15) is 0 Å². The van der Waals surface area contributed by atoms with Gasteiger partial charge in [0.25, 0.3) is 0 Å². The van der Waals surface area contributed by atoms with Crippen LogP contribution in [0.1, 0.15) is 11.4 Å². The Morgan fingerprint density at radius 1 is 1.22 bits per heavy atom. The summed E-state index contributed by atoms with van der Waals surface area (Å²) in [6, 6.07) is 3.44. The number of rotatable bonds is 3. The Bertz CT molecular complexity index is 660. The molecule has 3 rings (SSSR count). The summed E-state index contributed by atoms with van der Waals surface area (Å²) in [6.07, 6.45) is 0. The van der Waals surface area contributed by atoms with E-state index in [0.29, 0.717) is 24.8 Å². The fourth-order valence-electron chi connectivity index (χ4n) is 2.39. The van der Waals surface area contributed by atoms with E-state index in [1.807, 2.05) is 31.4 Å². The van der Waals surface area contributed by atoms with E-state index < -0.39 is 0 Å². The fourth-order valence-corrected chi connectivity index (χ4v) is 3.00. The molecule has 2 aromatic heterocycles. The number of thiophene rings is 1. The molecular formula is C15H19N5O2S. The van der Waals surface area contributed by atoms with Crippen LogP contribution in [0, 0.1) is 13.8 Å². The lowest BCUT2D eigenvalue weighted by atomic mass is 10.3. The van der Waals surface area contributed by atoms with E-state index in [9.17, 15) is 4.79 Å². The van der Waals surface area contributed by atoms with E-state index in [1.54, 1.807) is 0 Å². The molecule has 0 aliphatic carbocycles. The van der Waals surface area contributed by atoms with Gasteiger partial charge >= 0.3 is 6.03 Å². The van der Waals surface area contributed by atoms with Crippen LogP contribution >= 0.6 is 11.3 Å². The Kier molecular flexibility index (Phi) is 4.73. The van der Waals surface area contributed by atoms with Crippen molar-refractivity contribution in [1.29, 1.82) is 0 Å². The Morgan fingerprint density at radius 3 is 2.52 bits per heavy atom. The number of morpholine rings is 1. The van der Waals surface area contributed by atoms with Gasteiger partial charge in [-0.3, -0.25) is 5.32 Å². The number of aromatic nitrogens is 2. The molecule has 1 aliphatic rings. The van der Waals surface area contributed by atoms with Gasteiger partial charge in [-0.25, -0.2) is 14.8 Å². The summed E-state index contributed by atoms with van der Waals surface area (Å²) >= 11 is 1.47. The average molecular weight is 333 g/mol. The van der Waals surface area contributed by atoms with Crippen LogP contribution in [0.2, 0.25) is 0 Å². The number of carbonyl (C=O) groups is 1. The minimum absolute atomic E-state index is 0.290. The minimum atomic E-state index is -0.290. The van der Waals surface area contributed by atoms with Crippen molar-refractivity contribution >= 4 is 34.0 Å². The largest absolute Gasteiger partial charge is 0.378 e. The predicted molar refractivity (Wildman–Crippen MR) is 91.5 cm³/mol. The molecule has 1 aliphatic heterocycles. The summed E-state index contributed by atoms with van der Waals surface area (Å²) in [5, 5.41) is 8.33. The molecule has 23 heavy (non-hydrogen) atoms. The van der Waals surface area contributed by atoms with E-state index >= 15 is 0 Å². The second-order valence-corrected chi connectivity index (χ2v) is 6.17. The van der Waals surface area contributed by atoms with Crippen LogP contribution in [0.5, 0.6) is 0 Å². The van der Waals surface area contributed by atoms with Gasteiger partial charge in [0.15, 0.2) is 0 Å². The normalized spacial score (nSPS) is 14.6. The van der Waals surface area contributed by atoms with Gasteiger partial charge < -0.3 is 15.0 Å². The van der Waals surface area contributed by atoms with Crippen molar-refractivity contribution in [3.05, 3.63) is 28.9 Å². The van der Waals surface area contributed by atoms with Crippen LogP contribution in [0.15, 0.2) is 17.5 Å². The smallest absolute Gasteiger partial charge is 0.324 e. The van der Waals surface area contributed by atoms with Crippen molar-refractivity contribution in [3.8, 4) is 0 Å². The molecule has 0 bridgehead atoms. The van der Waals surface area contributed by atoms with Crippen LogP contribution < -0.4 is 15.5 Å². The van der Waals surface area contributed by atoms with Crippen molar-refractivity contribution in [3.63, 3.8) is 0 Å². The van der Waals surface area contributed by atoms with Gasteiger partial charge in [-0.05, 0) is 31.4 Å². The van der Waals surface area contributed by atoms with E-state index in [4.69, 9.17) is 4.74 Å². The number of nitrogens with zero attached hydrogens (tertiary/aromatic N) is 3. The third kappa shape index (κ3) is 3.77. The minimum Gasteiger partial charge on any atom is -0.378 e. The summed E-state index contributed by atoms with van der Waals surface area (Å²) in [5.74, 6) is 0.688. The second-order valence-electron chi connectivity index (χ2n) is 5.23. The van der Waals surface area contributed by atoms with E-state index in [0.717, 1.165) is 29.5 Å². The number of hydrogen-bond acceptors (Lipinski definition) is 6. The van der Waals surface area contributed by atoms with Crippen LogP contribution in [-0.2, 0) is 4.74 Å². The molecule has 0 saturated carbocycles. The molecule has 1 fully saturated rings. The van der Waals surface area contributed by atoms with Crippen molar-refractivity contribution < 1.29 is 9.53 Å². The summed E-state index contributed by atoms with van der Waals surface area (Å²) in [4.78, 5) is 23.2. The first-order valence-corrected chi connectivity index (χ1v) is 8.31. The maximum absolute atomic E-state index is 12.1. The highest BCUT2D eigenvalue weighted by Gasteiger charge is 2.17. The average Bonchev–Trinajstić information content (AvgIpc) is 3.04. The Balaban J connectivity index is 1.73. The monoisotopic (exact) mass is 333 g/mol. The maximum atomic E-state index is 12.1. The second kappa shape index (κ2) is 6.93. The lowest BCUT2D eigenvalue weighted by Crippen LogP contribution is -2.37. The number of hydrogen-bond donors (Lipinski definition) is 2. The molecule has 7 nitrogen and oxygen atoms in total. The fraction of sp³-hybridized carbons (Fsp3) is 0.400. The van der Waals surface area contributed by atoms with Gasteiger partial charge in [0, 0.05) is 13.1 Å². The lowest BCUT2D eigenvalue weighted by molar-refractivity contribution is 0.122. The number of aryl methyl sites for hydroxylation is 2. The summed E-state index contributed by atoms with van der Waals surface area (Å²) in [7, 11) is 0. The van der Waals surface area contributed by atoms with Crippen LogP contribution in [0.4, 0.5) is 21.4 Å². The van der Waals surface area contributed by atoms with E-state index in [1.165, 1.54) is 11.3 Å². The number of amides is 2. The summed E-state index contributed by atoms with van der Waals surface area (Å²) in [6.45, 7) is 6.68. The highest BCUT2D eigenvalue weighted by Crippen LogP contribution is 2.22. The molecule has 2 amide bonds. The number of ether oxygens (including phenoxy) is 1. The van der Waals surface area contributed by atoms with Gasteiger partial charge in [-0.2, -0.15) is 0 Å². The molecule has 3 heterocycles. The Hall–Kier alpha value is -2.19. The Morgan fingerprint density at radius 2 is 1.91 bits per heavy atom. The number of nitrogens with one attached hydrogen (secondary N) is 2. The SMILES string of the molecule is Cc1nc(N2CCOCC2)nc(C)c1NC(=O)Nc1cccs1. The standard InChI is InChI=1S/C15H19N5O2S/c1-10-13(19-15(21)18-12-4-3-9-23-12)11(2)17-14(16-10)20-5-7-22-8-6-20/h3-4,9H,5-8H2,1-2H3,(H2,18,19,21). The van der Waals surface area contributed by atoms with Crippen LogP contribution in [-0.4, -0.2) is 42.3 Å². The summed E-state index contributed by atoms with van der Waals surface area (Å²) < 4.78 is 5.35. The molecule has 0 atom stereocenters. The van der Waals surface area contributed by atoms with Crippen LogP contribution in [0.3, 0.4) is 0 Å². The molecule has 122 valence electrons. The zero-order valence-corrected chi connectivity index (χ0v) is 13.9. The quantitative estimate of drug-likeness (QED) is 0.903. The molecule has 8 heteroatoms. The molecule has 1 saturated heterocycles. The van der Waals surface area contributed by atoms with Gasteiger partial charge in [-0.1, -0.05) is 0 Å². The first-order valence-electron chi connectivity index (χ1n) is 7.43. The predicted octanol–water partition coefficient (Wildman–Crippen LogP) is 2.64. The van der Waals surface area contributed by atoms with Gasteiger partial charge in [-0.15, -0.1) is 11.3 Å². The first kappa shape index (κ1) is 15.7. The molecule has 0 unspecified atom stereocenters. The molecule has 0 spiro atoms. The first-order chi connectivity index (χ1) is 11.1.